The largest absolute Gasteiger partial charge is 0.367 e. The normalized spacial score (nSPS) is 20.5. The second kappa shape index (κ2) is 5.91. The Morgan fingerprint density at radius 1 is 0.870 bits per heavy atom. The molecule has 120 valence electrons. The molecule has 2 nitrogen and oxygen atoms in total. The van der Waals surface area contributed by atoms with Crippen molar-refractivity contribution in [1.82, 2.24) is 4.90 Å². The predicted octanol–water partition coefficient (Wildman–Crippen LogP) is 4.40. The molecule has 1 aliphatic carbocycles. The van der Waals surface area contributed by atoms with E-state index in [0.717, 1.165) is 36.3 Å². The Labute approximate surface area is 145 Å². The SMILES string of the molecule is Fc1ccccc1N1CCN(C2(c3ccc(Br)cc3)CC2)CC1. The average molecular weight is 375 g/mol. The molecule has 0 amide bonds. The minimum absolute atomic E-state index is 0.116. The monoisotopic (exact) mass is 374 g/mol. The summed E-state index contributed by atoms with van der Waals surface area (Å²) in [6, 6.07) is 15.8. The quantitative estimate of drug-likeness (QED) is 0.785. The second-order valence-corrected chi connectivity index (χ2v) is 7.38. The Hall–Kier alpha value is -1.39. The zero-order chi connectivity index (χ0) is 15.9. The first kappa shape index (κ1) is 15.2. The minimum atomic E-state index is -0.116. The molecule has 2 aromatic rings. The summed E-state index contributed by atoms with van der Waals surface area (Å²) in [5, 5.41) is 0. The van der Waals surface area contributed by atoms with Crippen LogP contribution < -0.4 is 4.90 Å². The van der Waals surface area contributed by atoms with E-state index in [0.29, 0.717) is 0 Å². The van der Waals surface area contributed by atoms with Gasteiger partial charge in [-0.25, -0.2) is 4.39 Å². The van der Waals surface area contributed by atoms with Crippen LogP contribution in [0.1, 0.15) is 18.4 Å². The lowest BCUT2D eigenvalue weighted by Gasteiger charge is -2.41. The third-order valence-corrected chi connectivity index (χ3v) is 5.71. The molecule has 0 aromatic heterocycles. The maximum Gasteiger partial charge on any atom is 0.146 e. The molecule has 0 bridgehead atoms. The van der Waals surface area contributed by atoms with Crippen LogP contribution in [-0.2, 0) is 5.54 Å². The van der Waals surface area contributed by atoms with Crippen LogP contribution >= 0.6 is 15.9 Å². The number of hydrogen-bond donors (Lipinski definition) is 0. The Morgan fingerprint density at radius 2 is 1.52 bits per heavy atom. The summed E-state index contributed by atoms with van der Waals surface area (Å²) in [4.78, 5) is 4.76. The van der Waals surface area contributed by atoms with Crippen molar-refractivity contribution in [1.29, 1.82) is 0 Å². The highest BCUT2D eigenvalue weighted by Gasteiger charge is 2.49. The van der Waals surface area contributed by atoms with Gasteiger partial charge in [-0.05, 0) is 42.7 Å². The zero-order valence-electron chi connectivity index (χ0n) is 13.0. The Balaban J connectivity index is 1.48. The van der Waals surface area contributed by atoms with E-state index in [1.165, 1.54) is 18.4 Å². The van der Waals surface area contributed by atoms with Gasteiger partial charge in [0, 0.05) is 36.2 Å². The van der Waals surface area contributed by atoms with Crippen molar-refractivity contribution < 1.29 is 4.39 Å². The first-order chi connectivity index (χ1) is 11.2. The number of hydrogen-bond acceptors (Lipinski definition) is 2. The summed E-state index contributed by atoms with van der Waals surface area (Å²) in [5.74, 6) is -0.116. The predicted molar refractivity (Wildman–Crippen MR) is 95.2 cm³/mol. The molecule has 2 aromatic carbocycles. The van der Waals surface area contributed by atoms with E-state index < -0.39 is 0 Å². The second-order valence-electron chi connectivity index (χ2n) is 6.46. The van der Waals surface area contributed by atoms with Crippen LogP contribution in [0.25, 0.3) is 0 Å². The number of anilines is 1. The van der Waals surface area contributed by atoms with Crippen molar-refractivity contribution in [3.05, 3.63) is 64.4 Å². The Kier molecular flexibility index (Phi) is 3.90. The first-order valence-corrected chi connectivity index (χ1v) is 8.99. The van der Waals surface area contributed by atoms with Crippen molar-refractivity contribution in [2.75, 3.05) is 31.1 Å². The number of halogens is 2. The van der Waals surface area contributed by atoms with Crippen LogP contribution in [0.4, 0.5) is 10.1 Å². The van der Waals surface area contributed by atoms with Gasteiger partial charge >= 0.3 is 0 Å². The van der Waals surface area contributed by atoms with Gasteiger partial charge in [0.05, 0.1) is 5.69 Å². The molecule has 1 aliphatic heterocycles. The van der Waals surface area contributed by atoms with Gasteiger partial charge < -0.3 is 4.90 Å². The molecular weight excluding hydrogens is 355 g/mol. The number of benzene rings is 2. The lowest BCUT2D eigenvalue weighted by molar-refractivity contribution is 0.165. The van der Waals surface area contributed by atoms with E-state index in [4.69, 9.17) is 0 Å². The average Bonchev–Trinajstić information content (AvgIpc) is 3.38. The van der Waals surface area contributed by atoms with Crippen molar-refractivity contribution in [3.63, 3.8) is 0 Å². The van der Waals surface area contributed by atoms with E-state index >= 15 is 0 Å². The highest BCUT2D eigenvalue weighted by Crippen LogP contribution is 2.51. The van der Waals surface area contributed by atoms with E-state index in [9.17, 15) is 4.39 Å². The van der Waals surface area contributed by atoms with Crippen LogP contribution in [-0.4, -0.2) is 31.1 Å². The highest BCUT2D eigenvalue weighted by atomic mass is 79.9. The van der Waals surface area contributed by atoms with Crippen molar-refractivity contribution in [3.8, 4) is 0 Å². The van der Waals surface area contributed by atoms with Gasteiger partial charge in [-0.3, -0.25) is 4.90 Å². The molecule has 0 unspecified atom stereocenters. The van der Waals surface area contributed by atoms with Crippen LogP contribution in [0.15, 0.2) is 53.0 Å². The Morgan fingerprint density at radius 3 is 2.13 bits per heavy atom. The fraction of sp³-hybridized carbons (Fsp3) is 0.368. The van der Waals surface area contributed by atoms with Gasteiger partial charge in [0.15, 0.2) is 0 Å². The molecular formula is C19H20BrFN2. The fourth-order valence-corrected chi connectivity index (χ4v) is 4.01. The summed E-state index contributed by atoms with van der Waals surface area (Å²) in [6.07, 6.45) is 2.46. The highest BCUT2D eigenvalue weighted by molar-refractivity contribution is 9.10. The number of rotatable bonds is 3. The number of nitrogens with zero attached hydrogens (tertiary/aromatic N) is 2. The zero-order valence-corrected chi connectivity index (χ0v) is 14.6. The molecule has 0 radical (unpaired) electrons. The van der Waals surface area contributed by atoms with Gasteiger partial charge in [0.1, 0.15) is 5.82 Å². The lowest BCUT2D eigenvalue weighted by Crippen LogP contribution is -2.50. The van der Waals surface area contributed by atoms with Crippen LogP contribution in [0.3, 0.4) is 0 Å². The molecule has 2 aliphatic rings. The maximum atomic E-state index is 14.0. The summed E-state index contributed by atoms with van der Waals surface area (Å²) in [5.41, 5.74) is 2.38. The van der Waals surface area contributed by atoms with Gasteiger partial charge in [0.2, 0.25) is 0 Å². The third kappa shape index (κ3) is 2.79. The van der Waals surface area contributed by atoms with Crippen LogP contribution in [0, 0.1) is 5.82 Å². The Bertz CT molecular complexity index is 689. The van der Waals surface area contributed by atoms with Crippen LogP contribution in [0.5, 0.6) is 0 Å². The van der Waals surface area contributed by atoms with Crippen molar-refractivity contribution >= 4 is 21.6 Å². The lowest BCUT2D eigenvalue weighted by atomic mass is 10.0. The molecule has 4 heteroatoms. The summed E-state index contributed by atoms with van der Waals surface area (Å²) < 4.78 is 15.1. The topological polar surface area (TPSA) is 6.48 Å². The molecule has 0 atom stereocenters. The molecule has 0 spiro atoms. The van der Waals surface area contributed by atoms with Gasteiger partial charge in [-0.15, -0.1) is 0 Å². The van der Waals surface area contributed by atoms with Crippen molar-refractivity contribution in [2.24, 2.45) is 0 Å². The summed E-state index contributed by atoms with van der Waals surface area (Å²) in [6.45, 7) is 3.76. The first-order valence-electron chi connectivity index (χ1n) is 8.20. The van der Waals surface area contributed by atoms with Crippen molar-refractivity contribution in [2.45, 2.75) is 18.4 Å². The van der Waals surface area contributed by atoms with E-state index in [2.05, 4.69) is 50.0 Å². The van der Waals surface area contributed by atoms with Gasteiger partial charge in [0.25, 0.3) is 0 Å². The van der Waals surface area contributed by atoms with E-state index in [-0.39, 0.29) is 11.4 Å². The fourth-order valence-electron chi connectivity index (χ4n) is 3.75. The van der Waals surface area contributed by atoms with E-state index in [1.807, 2.05) is 12.1 Å². The summed E-state index contributed by atoms with van der Waals surface area (Å²) in [7, 11) is 0. The molecule has 0 N–H and O–H groups in total. The number of para-hydroxylation sites is 1. The molecule has 1 saturated heterocycles. The van der Waals surface area contributed by atoms with Gasteiger partial charge in [-0.2, -0.15) is 0 Å². The van der Waals surface area contributed by atoms with E-state index in [1.54, 1.807) is 12.1 Å². The smallest absolute Gasteiger partial charge is 0.146 e. The molecule has 2 fully saturated rings. The number of piperazine rings is 1. The molecule has 1 heterocycles. The molecule has 1 saturated carbocycles. The van der Waals surface area contributed by atoms with Gasteiger partial charge in [-0.1, -0.05) is 40.2 Å². The molecule has 4 rings (SSSR count). The maximum absolute atomic E-state index is 14.0. The summed E-state index contributed by atoms with van der Waals surface area (Å²) >= 11 is 3.51. The third-order valence-electron chi connectivity index (χ3n) is 5.18. The molecule has 23 heavy (non-hydrogen) atoms. The minimum Gasteiger partial charge on any atom is -0.367 e. The van der Waals surface area contributed by atoms with Crippen LogP contribution in [0.2, 0.25) is 0 Å². The standard InChI is InChI=1S/C19H20BrFN2/c20-16-7-5-15(6-8-16)19(9-10-19)23-13-11-22(12-14-23)18-4-2-1-3-17(18)21/h1-8H,9-14H2.